The molecule has 0 saturated carbocycles. The minimum atomic E-state index is -0.241. The highest BCUT2D eigenvalue weighted by Gasteiger charge is 2.18. The molecule has 3 aromatic carbocycles. The van der Waals surface area contributed by atoms with Crippen molar-refractivity contribution in [1.82, 2.24) is 19.9 Å². The van der Waals surface area contributed by atoms with Gasteiger partial charge in [-0.2, -0.15) is 5.10 Å². The van der Waals surface area contributed by atoms with E-state index in [1.54, 1.807) is 34.7 Å². The van der Waals surface area contributed by atoms with E-state index in [-0.39, 0.29) is 5.91 Å². The van der Waals surface area contributed by atoms with Gasteiger partial charge in [0.15, 0.2) is 5.65 Å². The fraction of sp³-hybridized carbons (Fsp3) is 0.167. The zero-order chi connectivity index (χ0) is 25.7. The number of benzene rings is 3. The summed E-state index contributed by atoms with van der Waals surface area (Å²) in [6.07, 6.45) is 3.59. The number of amides is 1. The minimum Gasteiger partial charge on any atom is -0.367 e. The number of fused-ring (bicyclic) bond motifs is 1. The van der Waals surface area contributed by atoms with Crippen LogP contribution in [0.4, 0.5) is 11.4 Å². The number of nitrogens with zero attached hydrogens (tertiary/aromatic N) is 4. The smallest absolute Gasteiger partial charge is 0.274 e. The van der Waals surface area contributed by atoms with Crippen LogP contribution in [0.2, 0.25) is 0 Å². The van der Waals surface area contributed by atoms with Gasteiger partial charge in [-0.1, -0.05) is 54.6 Å². The van der Waals surface area contributed by atoms with E-state index >= 15 is 0 Å². The van der Waals surface area contributed by atoms with E-state index in [0.717, 1.165) is 54.4 Å². The summed E-state index contributed by atoms with van der Waals surface area (Å²) >= 11 is 1.81. The normalized spacial score (nSPS) is 13.5. The number of anilines is 2. The Labute approximate surface area is 225 Å². The topological polar surface area (TPSA) is 74.6 Å². The molecule has 190 valence electrons. The molecule has 7 nitrogen and oxygen atoms in total. The van der Waals surface area contributed by atoms with Gasteiger partial charge in [0.1, 0.15) is 5.69 Å². The van der Waals surface area contributed by atoms with Crippen molar-refractivity contribution in [3.63, 3.8) is 0 Å². The van der Waals surface area contributed by atoms with Gasteiger partial charge in [-0.25, -0.2) is 9.50 Å². The molecule has 1 amide bonds. The molecular formula is C30H28N6OS. The summed E-state index contributed by atoms with van der Waals surface area (Å²) in [5.41, 5.74) is 6.02. The van der Waals surface area contributed by atoms with Crippen LogP contribution in [0.3, 0.4) is 0 Å². The lowest BCUT2D eigenvalue weighted by molar-refractivity contribution is 0.102. The molecule has 8 heteroatoms. The third-order valence-corrected chi connectivity index (χ3v) is 7.71. The number of aromatic nitrogens is 3. The number of thioether (sulfide) groups is 1. The molecule has 2 N–H and O–H groups in total. The number of hydrogen-bond acceptors (Lipinski definition) is 6. The lowest BCUT2D eigenvalue weighted by atomic mass is 10.1. The van der Waals surface area contributed by atoms with Crippen molar-refractivity contribution in [3.05, 3.63) is 109 Å². The Hall–Kier alpha value is -4.14. The molecule has 0 unspecified atom stereocenters. The Morgan fingerprint density at radius 2 is 1.68 bits per heavy atom. The van der Waals surface area contributed by atoms with Crippen LogP contribution in [-0.2, 0) is 5.75 Å². The van der Waals surface area contributed by atoms with Crippen molar-refractivity contribution in [1.29, 1.82) is 0 Å². The van der Waals surface area contributed by atoms with E-state index in [1.807, 2.05) is 24.3 Å². The van der Waals surface area contributed by atoms with Crippen LogP contribution in [0.25, 0.3) is 16.8 Å². The number of rotatable bonds is 7. The fourth-order valence-electron chi connectivity index (χ4n) is 4.62. The first-order valence-corrected chi connectivity index (χ1v) is 13.7. The van der Waals surface area contributed by atoms with Gasteiger partial charge in [-0.15, -0.1) is 11.8 Å². The van der Waals surface area contributed by atoms with E-state index < -0.39 is 0 Å². The molecule has 1 saturated heterocycles. The lowest BCUT2D eigenvalue weighted by Gasteiger charge is -2.31. The van der Waals surface area contributed by atoms with E-state index in [0.29, 0.717) is 11.3 Å². The van der Waals surface area contributed by atoms with Gasteiger partial charge < -0.3 is 15.5 Å². The first-order chi connectivity index (χ1) is 18.7. The van der Waals surface area contributed by atoms with Crippen molar-refractivity contribution in [2.45, 2.75) is 10.6 Å². The maximum atomic E-state index is 13.3. The van der Waals surface area contributed by atoms with E-state index in [9.17, 15) is 4.79 Å². The summed E-state index contributed by atoms with van der Waals surface area (Å²) in [6, 6.07) is 28.5. The van der Waals surface area contributed by atoms with Crippen LogP contribution in [0.15, 0.2) is 102 Å². The summed E-state index contributed by atoms with van der Waals surface area (Å²) in [6.45, 7) is 3.66. The zero-order valence-electron chi connectivity index (χ0n) is 20.9. The quantitative estimate of drug-likeness (QED) is 0.282. The van der Waals surface area contributed by atoms with E-state index in [4.69, 9.17) is 4.98 Å². The lowest BCUT2D eigenvalue weighted by Crippen LogP contribution is -2.43. The monoisotopic (exact) mass is 520 g/mol. The van der Waals surface area contributed by atoms with Crippen LogP contribution in [0.1, 0.15) is 16.1 Å². The summed E-state index contributed by atoms with van der Waals surface area (Å²) in [4.78, 5) is 21.5. The van der Waals surface area contributed by atoms with Gasteiger partial charge in [0.25, 0.3) is 5.91 Å². The summed E-state index contributed by atoms with van der Waals surface area (Å²) in [7, 11) is 0. The zero-order valence-corrected chi connectivity index (χ0v) is 21.7. The summed E-state index contributed by atoms with van der Waals surface area (Å²) in [5, 5.41) is 10.9. The molecule has 1 aliphatic rings. The molecule has 6 rings (SSSR count). The number of carbonyl (C=O) groups excluding carboxylic acids is 1. The average Bonchev–Trinajstić information content (AvgIpc) is 3.41. The predicted octanol–water partition coefficient (Wildman–Crippen LogP) is 5.35. The third-order valence-electron chi connectivity index (χ3n) is 6.63. The van der Waals surface area contributed by atoms with Crippen molar-refractivity contribution in [2.24, 2.45) is 0 Å². The Morgan fingerprint density at radius 1 is 0.921 bits per heavy atom. The highest BCUT2D eigenvalue weighted by Crippen LogP contribution is 2.29. The van der Waals surface area contributed by atoms with Gasteiger partial charge >= 0.3 is 0 Å². The molecule has 0 spiro atoms. The van der Waals surface area contributed by atoms with Crippen LogP contribution < -0.4 is 15.5 Å². The maximum Gasteiger partial charge on any atom is 0.274 e. The van der Waals surface area contributed by atoms with Gasteiger partial charge in [-0.05, 0) is 41.5 Å². The van der Waals surface area contributed by atoms with Crippen LogP contribution in [0.5, 0.6) is 0 Å². The number of piperazine rings is 1. The standard InChI is InChI=1S/C30H28N6OS/c37-30(34-26-8-4-5-9-28(26)35-18-15-31-16-19-35)27-14-17-36-29(33-27)25(20-32-36)23-10-12-24(13-11-23)38-21-22-6-2-1-3-7-22/h1-14,17,20,31H,15-16,18-19,21H2,(H,34,37). The highest BCUT2D eigenvalue weighted by atomic mass is 32.2. The molecule has 38 heavy (non-hydrogen) atoms. The van der Waals surface area contributed by atoms with E-state index in [2.05, 4.69) is 75.2 Å². The first kappa shape index (κ1) is 24.2. The Balaban J connectivity index is 1.20. The largest absolute Gasteiger partial charge is 0.367 e. The number of nitrogens with one attached hydrogen (secondary N) is 2. The second-order valence-electron chi connectivity index (χ2n) is 9.15. The molecule has 0 atom stereocenters. The van der Waals surface area contributed by atoms with Gasteiger partial charge in [0, 0.05) is 48.6 Å². The molecule has 5 aromatic rings. The average molecular weight is 521 g/mol. The molecular weight excluding hydrogens is 492 g/mol. The Kier molecular flexibility index (Phi) is 7.06. The molecule has 0 bridgehead atoms. The minimum absolute atomic E-state index is 0.241. The van der Waals surface area contributed by atoms with Gasteiger partial charge in [0.2, 0.25) is 0 Å². The van der Waals surface area contributed by atoms with Crippen LogP contribution in [-0.4, -0.2) is 46.7 Å². The van der Waals surface area contributed by atoms with Crippen molar-refractivity contribution < 1.29 is 4.79 Å². The highest BCUT2D eigenvalue weighted by molar-refractivity contribution is 7.98. The summed E-state index contributed by atoms with van der Waals surface area (Å²) in [5.74, 6) is 0.684. The second-order valence-corrected chi connectivity index (χ2v) is 10.2. The van der Waals surface area contributed by atoms with Crippen molar-refractivity contribution in [3.8, 4) is 11.1 Å². The molecule has 2 aromatic heterocycles. The predicted molar refractivity (Wildman–Crippen MR) is 154 cm³/mol. The number of para-hydroxylation sites is 2. The number of carbonyl (C=O) groups is 1. The molecule has 1 fully saturated rings. The molecule has 3 heterocycles. The number of hydrogen-bond donors (Lipinski definition) is 2. The third kappa shape index (κ3) is 5.27. The molecule has 1 aliphatic heterocycles. The summed E-state index contributed by atoms with van der Waals surface area (Å²) < 4.78 is 1.71. The molecule has 0 aliphatic carbocycles. The van der Waals surface area contributed by atoms with Gasteiger partial charge in [0.05, 0.1) is 17.6 Å². The van der Waals surface area contributed by atoms with Gasteiger partial charge in [-0.3, -0.25) is 4.79 Å². The SMILES string of the molecule is O=C(Nc1ccccc1N1CCNCC1)c1ccn2ncc(-c3ccc(SCc4ccccc4)cc3)c2n1. The van der Waals surface area contributed by atoms with Crippen molar-refractivity contribution in [2.75, 3.05) is 36.4 Å². The fourth-order valence-corrected chi connectivity index (χ4v) is 5.47. The first-order valence-electron chi connectivity index (χ1n) is 12.7. The second kappa shape index (κ2) is 11.1. The maximum absolute atomic E-state index is 13.3. The Morgan fingerprint density at radius 3 is 2.50 bits per heavy atom. The van der Waals surface area contributed by atoms with Crippen LogP contribution in [0, 0.1) is 0 Å². The molecule has 0 radical (unpaired) electrons. The van der Waals surface area contributed by atoms with E-state index in [1.165, 1.54) is 10.5 Å². The van der Waals surface area contributed by atoms with Crippen molar-refractivity contribution >= 4 is 34.7 Å². The van der Waals surface area contributed by atoms with Crippen LogP contribution >= 0.6 is 11.8 Å². The Bertz CT molecular complexity index is 1540.